The summed E-state index contributed by atoms with van der Waals surface area (Å²) < 4.78 is 0. The van der Waals surface area contributed by atoms with E-state index in [1.54, 1.807) is 0 Å². The Morgan fingerprint density at radius 1 is 1.83 bits per heavy atom. The number of amides is 1. The fraction of sp³-hybridized carbons (Fsp3) is 0.714. The first kappa shape index (κ1) is 12.0. The maximum absolute atomic E-state index is 11.1. The van der Waals surface area contributed by atoms with Crippen LogP contribution in [-0.4, -0.2) is 29.4 Å². The van der Waals surface area contributed by atoms with Crippen molar-refractivity contribution in [3.63, 3.8) is 0 Å². The van der Waals surface area contributed by atoms with Crippen LogP contribution in [0.4, 0.5) is 0 Å². The van der Waals surface area contributed by atoms with Crippen LogP contribution in [0.15, 0.2) is 0 Å². The molecule has 2 atom stereocenters. The summed E-state index contributed by atoms with van der Waals surface area (Å²) in [5.41, 5.74) is 7.12. The third kappa shape index (κ3) is 2.26. The Balaban J connectivity index is 0.00000121. The van der Waals surface area contributed by atoms with E-state index < -0.39 is 6.04 Å². The first-order valence-electron chi connectivity index (χ1n) is 3.58. The summed E-state index contributed by atoms with van der Waals surface area (Å²) in [4.78, 5) is 12.5. The molecule has 1 radical (unpaired) electrons. The number of nitriles is 1. The molecule has 5 heteroatoms. The van der Waals surface area contributed by atoms with Gasteiger partial charge < -0.3 is 10.6 Å². The van der Waals surface area contributed by atoms with Gasteiger partial charge in [0, 0.05) is 39.3 Å². The van der Waals surface area contributed by atoms with Crippen LogP contribution in [0.3, 0.4) is 0 Å². The zero-order valence-corrected chi connectivity index (χ0v) is 9.79. The summed E-state index contributed by atoms with van der Waals surface area (Å²) in [7, 11) is 0. The van der Waals surface area contributed by atoms with E-state index in [0.717, 1.165) is 6.42 Å². The van der Waals surface area contributed by atoms with E-state index in [1.165, 1.54) is 11.8 Å². The fourth-order valence-electron chi connectivity index (χ4n) is 1.03. The molecule has 0 aromatic carbocycles. The number of carbonyl (C=O) groups is 1. The average molecular weight is 241 g/mol. The molecular formula is C7H10N3OY-. The minimum absolute atomic E-state index is 0. The molecule has 12 heavy (non-hydrogen) atoms. The molecule has 0 aromatic rings. The molecule has 1 amide bonds. The van der Waals surface area contributed by atoms with Crippen molar-refractivity contribution in [1.82, 2.24) is 4.90 Å². The molecule has 1 fully saturated rings. The van der Waals surface area contributed by atoms with Gasteiger partial charge in [-0.3, -0.25) is 4.79 Å². The van der Waals surface area contributed by atoms with Crippen LogP contribution in [0.25, 0.3) is 5.73 Å². The first-order valence-corrected chi connectivity index (χ1v) is 3.58. The van der Waals surface area contributed by atoms with E-state index in [4.69, 9.17) is 11.0 Å². The van der Waals surface area contributed by atoms with Crippen LogP contribution in [-0.2, 0) is 37.5 Å². The summed E-state index contributed by atoms with van der Waals surface area (Å²) in [6.45, 7) is 2.16. The topological polar surface area (TPSA) is 67.9 Å². The largest absolute Gasteiger partial charge is 0.667 e. The van der Waals surface area contributed by atoms with E-state index >= 15 is 0 Å². The minimum atomic E-state index is -0.730. The van der Waals surface area contributed by atoms with Crippen LogP contribution >= 0.6 is 0 Å². The molecule has 1 rings (SSSR count). The van der Waals surface area contributed by atoms with Crippen LogP contribution in [0.1, 0.15) is 13.3 Å². The first-order chi connectivity index (χ1) is 5.16. The van der Waals surface area contributed by atoms with Crippen molar-refractivity contribution in [2.45, 2.75) is 25.4 Å². The van der Waals surface area contributed by atoms with Crippen LogP contribution in [0, 0.1) is 11.3 Å². The Morgan fingerprint density at radius 2 is 2.42 bits per heavy atom. The molecule has 1 unspecified atom stereocenters. The van der Waals surface area contributed by atoms with Gasteiger partial charge in [-0.25, -0.2) is 0 Å². The van der Waals surface area contributed by atoms with Gasteiger partial charge in [0.25, 0.3) is 0 Å². The van der Waals surface area contributed by atoms with Gasteiger partial charge in [-0.2, -0.15) is 5.26 Å². The van der Waals surface area contributed by atoms with Crippen molar-refractivity contribution in [2.24, 2.45) is 0 Å². The Kier molecular flexibility index (Phi) is 4.92. The van der Waals surface area contributed by atoms with Crippen molar-refractivity contribution >= 4 is 5.91 Å². The molecule has 4 nitrogen and oxygen atoms in total. The Bertz CT molecular complexity index is 211. The minimum Gasteiger partial charge on any atom is -0.667 e. The van der Waals surface area contributed by atoms with Gasteiger partial charge in [-0.1, -0.05) is 13.0 Å². The van der Waals surface area contributed by atoms with Gasteiger partial charge in [-0.05, 0) is 6.42 Å². The van der Waals surface area contributed by atoms with Crippen LogP contribution < -0.4 is 0 Å². The van der Waals surface area contributed by atoms with Gasteiger partial charge >= 0.3 is 0 Å². The molecule has 0 spiro atoms. The van der Waals surface area contributed by atoms with Crippen molar-refractivity contribution in [3.8, 4) is 6.07 Å². The van der Waals surface area contributed by atoms with Gasteiger partial charge in [0.15, 0.2) is 0 Å². The average Bonchev–Trinajstić information content (AvgIpc) is 1.86. The van der Waals surface area contributed by atoms with Gasteiger partial charge in [-0.15, -0.1) is 0 Å². The van der Waals surface area contributed by atoms with E-state index in [1.807, 2.05) is 6.07 Å². The number of hydrogen-bond donors (Lipinski definition) is 0. The second-order valence-corrected chi connectivity index (χ2v) is 2.69. The molecule has 63 valence electrons. The normalized spacial score (nSPS) is 23.1. The smallest absolute Gasteiger partial charge is 0.205 e. The molecular weight excluding hydrogens is 231 g/mol. The third-order valence-corrected chi connectivity index (χ3v) is 1.82. The number of nitrogens with zero attached hydrogens (tertiary/aromatic N) is 2. The van der Waals surface area contributed by atoms with E-state index in [9.17, 15) is 4.79 Å². The van der Waals surface area contributed by atoms with Crippen molar-refractivity contribution in [3.05, 3.63) is 5.73 Å². The Labute approximate surface area is 97.0 Å². The Morgan fingerprint density at radius 3 is 2.67 bits per heavy atom. The number of likely N-dealkylation sites (tertiary alicyclic amines) is 1. The number of hydrogen-bond acceptors (Lipinski definition) is 2. The van der Waals surface area contributed by atoms with Gasteiger partial charge in [0.05, 0.1) is 6.07 Å². The third-order valence-electron chi connectivity index (χ3n) is 1.82. The van der Waals surface area contributed by atoms with Crippen molar-refractivity contribution in [2.75, 3.05) is 6.54 Å². The molecule has 0 aliphatic carbocycles. The molecule has 1 aliphatic rings. The SMILES string of the molecule is CC([NH-])C(=O)N1CC[C@H]1C#N.[Y]. The van der Waals surface area contributed by atoms with E-state index in [2.05, 4.69) is 0 Å². The number of carbonyl (C=O) groups excluding carboxylic acids is 1. The summed E-state index contributed by atoms with van der Waals surface area (Å²) >= 11 is 0. The Hall–Kier alpha value is 0.0239. The predicted octanol–water partition coefficient (Wildman–Crippen LogP) is 0.549. The molecule has 1 saturated heterocycles. The summed E-state index contributed by atoms with van der Waals surface area (Å²) in [5, 5.41) is 8.48. The summed E-state index contributed by atoms with van der Waals surface area (Å²) in [5.74, 6) is -0.234. The summed E-state index contributed by atoms with van der Waals surface area (Å²) in [6.07, 6.45) is 0.759. The molecule has 1 aliphatic heterocycles. The van der Waals surface area contributed by atoms with E-state index in [-0.39, 0.29) is 44.7 Å². The van der Waals surface area contributed by atoms with Crippen LogP contribution in [0.5, 0.6) is 0 Å². The quantitative estimate of drug-likeness (QED) is 0.672. The molecule has 1 heterocycles. The second-order valence-electron chi connectivity index (χ2n) is 2.69. The zero-order chi connectivity index (χ0) is 8.43. The molecule has 0 bridgehead atoms. The predicted molar refractivity (Wildman–Crippen MR) is 39.5 cm³/mol. The van der Waals surface area contributed by atoms with Gasteiger partial charge in [0.2, 0.25) is 5.91 Å². The van der Waals surface area contributed by atoms with Crippen LogP contribution in [0.2, 0.25) is 0 Å². The molecule has 0 saturated carbocycles. The van der Waals surface area contributed by atoms with Crippen molar-refractivity contribution in [1.29, 1.82) is 5.26 Å². The zero-order valence-electron chi connectivity index (χ0n) is 6.95. The summed E-state index contributed by atoms with van der Waals surface area (Å²) in [6, 6.07) is 1.01. The van der Waals surface area contributed by atoms with E-state index in [0.29, 0.717) is 6.54 Å². The van der Waals surface area contributed by atoms with Gasteiger partial charge in [0.1, 0.15) is 6.04 Å². The second kappa shape index (κ2) is 4.91. The standard InChI is InChI=1S/C7H10N3O.Y/c1-5(9)7(11)10-3-2-6(10)4-8;/h5-6,9H,2-3H2,1H3;/q-1;/t5?,6-;/m0./s1. The number of nitrogens with one attached hydrogen (secondary N) is 1. The van der Waals surface area contributed by atoms with Crippen molar-refractivity contribution < 1.29 is 37.5 Å². The fourth-order valence-corrected chi connectivity index (χ4v) is 1.03. The molecule has 1 N–H and O–H groups in total. The maximum Gasteiger partial charge on any atom is 0.205 e. The molecule has 0 aromatic heterocycles. The monoisotopic (exact) mass is 241 g/mol. The maximum atomic E-state index is 11.1. The number of rotatable bonds is 1.